The Morgan fingerprint density at radius 2 is 2.04 bits per heavy atom. The molecule has 0 N–H and O–H groups in total. The zero-order valence-corrected chi connectivity index (χ0v) is 18.6. The molecule has 1 aromatic carbocycles. The first-order chi connectivity index (χ1) is 13.0. The Bertz CT molecular complexity index is 835. The second-order valence-corrected chi connectivity index (χ2v) is 8.95. The Morgan fingerprint density at radius 1 is 1.26 bits per heavy atom. The summed E-state index contributed by atoms with van der Waals surface area (Å²) >= 11 is 3.49. The Morgan fingerprint density at radius 3 is 2.74 bits per heavy atom. The van der Waals surface area contributed by atoms with Crippen molar-refractivity contribution in [3.05, 3.63) is 38.9 Å². The quantitative estimate of drug-likeness (QED) is 0.651. The van der Waals surface area contributed by atoms with Gasteiger partial charge in [-0.05, 0) is 77.2 Å². The minimum atomic E-state index is 0.0963. The van der Waals surface area contributed by atoms with Crippen molar-refractivity contribution in [2.24, 2.45) is 5.92 Å². The van der Waals surface area contributed by atoms with Crippen molar-refractivity contribution in [3.8, 4) is 0 Å². The number of aromatic nitrogens is 2. The maximum atomic E-state index is 13.2. The fourth-order valence-electron chi connectivity index (χ4n) is 4.50. The Hall–Kier alpha value is -1.20. The number of rotatable bonds is 5. The van der Waals surface area contributed by atoms with Crippen molar-refractivity contribution in [1.82, 2.24) is 14.5 Å². The van der Waals surface area contributed by atoms with Gasteiger partial charge in [-0.25, -0.2) is 4.98 Å². The highest BCUT2D eigenvalue weighted by molar-refractivity contribution is 9.10. The van der Waals surface area contributed by atoms with Gasteiger partial charge in [0.25, 0.3) is 5.56 Å². The van der Waals surface area contributed by atoms with Gasteiger partial charge in [0.15, 0.2) is 0 Å². The lowest BCUT2D eigenvalue weighted by molar-refractivity contribution is 0.261. The average Bonchev–Trinajstić information content (AvgIpc) is 2.82. The summed E-state index contributed by atoms with van der Waals surface area (Å²) < 4.78 is 2.85. The number of hydrogen-bond acceptors (Lipinski definition) is 3. The van der Waals surface area contributed by atoms with Crippen molar-refractivity contribution in [1.29, 1.82) is 0 Å². The van der Waals surface area contributed by atoms with E-state index in [0.29, 0.717) is 29.8 Å². The van der Waals surface area contributed by atoms with Crippen molar-refractivity contribution < 1.29 is 0 Å². The van der Waals surface area contributed by atoms with Crippen LogP contribution in [0.3, 0.4) is 0 Å². The summed E-state index contributed by atoms with van der Waals surface area (Å²) in [4.78, 5) is 20.7. The van der Waals surface area contributed by atoms with Gasteiger partial charge >= 0.3 is 0 Å². The largest absolute Gasteiger partial charge is 0.304 e. The molecule has 0 radical (unpaired) electrons. The van der Waals surface area contributed by atoms with Crippen LogP contribution in [0.2, 0.25) is 0 Å². The minimum Gasteiger partial charge on any atom is -0.304 e. The van der Waals surface area contributed by atoms with Crippen molar-refractivity contribution in [2.75, 3.05) is 13.6 Å². The molecule has 3 atom stereocenters. The van der Waals surface area contributed by atoms with Gasteiger partial charge in [-0.2, -0.15) is 0 Å². The number of nitrogens with zero attached hydrogens (tertiary/aromatic N) is 3. The van der Waals surface area contributed by atoms with Crippen LogP contribution < -0.4 is 5.56 Å². The van der Waals surface area contributed by atoms with Gasteiger partial charge in [0.05, 0.1) is 10.9 Å². The fourth-order valence-corrected chi connectivity index (χ4v) is 4.86. The predicted octanol–water partition coefficient (Wildman–Crippen LogP) is 5.18. The molecule has 0 aliphatic carbocycles. The van der Waals surface area contributed by atoms with Crippen molar-refractivity contribution in [3.63, 3.8) is 0 Å². The molecule has 4 nitrogen and oxygen atoms in total. The molecule has 0 spiro atoms. The first-order valence-corrected chi connectivity index (χ1v) is 11.2. The first kappa shape index (κ1) is 20.5. The van der Waals surface area contributed by atoms with E-state index in [-0.39, 0.29) is 5.56 Å². The molecule has 0 amide bonds. The molecule has 5 heteroatoms. The van der Waals surface area contributed by atoms with Gasteiger partial charge in [-0.15, -0.1) is 0 Å². The number of fused-ring (bicyclic) bond motifs is 1. The Balaban J connectivity index is 2.08. The van der Waals surface area contributed by atoms with E-state index in [1.54, 1.807) is 0 Å². The normalized spacial score (nSPS) is 22.7. The molecule has 2 heterocycles. The Kier molecular flexibility index (Phi) is 6.74. The van der Waals surface area contributed by atoms with Crippen LogP contribution in [0.5, 0.6) is 0 Å². The lowest BCUT2D eigenvalue weighted by Gasteiger charge is -2.28. The van der Waals surface area contributed by atoms with Crippen molar-refractivity contribution >= 4 is 26.8 Å². The second-order valence-electron chi connectivity index (χ2n) is 8.03. The molecular weight excluding hydrogens is 402 g/mol. The Labute approximate surface area is 171 Å². The van der Waals surface area contributed by atoms with E-state index < -0.39 is 0 Å². The highest BCUT2D eigenvalue weighted by Crippen LogP contribution is 2.36. The molecule has 0 bridgehead atoms. The second kappa shape index (κ2) is 8.87. The van der Waals surface area contributed by atoms with E-state index in [2.05, 4.69) is 48.6 Å². The molecule has 0 saturated carbocycles. The molecule has 1 fully saturated rings. The summed E-state index contributed by atoms with van der Waals surface area (Å²) in [6.07, 6.45) is 5.83. The third kappa shape index (κ3) is 4.29. The van der Waals surface area contributed by atoms with E-state index in [1.807, 2.05) is 22.8 Å². The predicted molar refractivity (Wildman–Crippen MR) is 116 cm³/mol. The third-order valence-corrected chi connectivity index (χ3v) is 6.82. The molecule has 1 unspecified atom stereocenters. The molecule has 2 aromatic rings. The van der Waals surface area contributed by atoms with E-state index in [0.717, 1.165) is 35.2 Å². The van der Waals surface area contributed by atoms with Crippen LogP contribution in [0.1, 0.15) is 64.6 Å². The number of benzene rings is 1. The molecule has 3 rings (SSSR count). The smallest absolute Gasteiger partial charge is 0.261 e. The maximum Gasteiger partial charge on any atom is 0.261 e. The highest BCUT2D eigenvalue weighted by Gasteiger charge is 2.30. The maximum absolute atomic E-state index is 13.2. The van der Waals surface area contributed by atoms with Crippen LogP contribution in [-0.4, -0.2) is 34.1 Å². The summed E-state index contributed by atoms with van der Waals surface area (Å²) in [5.41, 5.74) is 0.919. The summed E-state index contributed by atoms with van der Waals surface area (Å²) in [6.45, 7) is 8.43. The van der Waals surface area contributed by atoms with Gasteiger partial charge < -0.3 is 4.90 Å². The van der Waals surface area contributed by atoms with Gasteiger partial charge in [0.1, 0.15) is 5.82 Å². The zero-order chi connectivity index (χ0) is 19.6. The lowest BCUT2D eigenvalue weighted by atomic mass is 9.82. The van der Waals surface area contributed by atoms with Crippen LogP contribution in [0, 0.1) is 5.92 Å². The number of halogens is 1. The SMILES string of the molecule is CCCC(c1nc2ccc(Br)cc2c(=O)n1CC)[C@@H]1CC[C@H](C)N(C)CC1. The van der Waals surface area contributed by atoms with Crippen LogP contribution in [0.25, 0.3) is 10.9 Å². The average molecular weight is 434 g/mol. The minimum absolute atomic E-state index is 0.0963. The molecular formula is C22H32BrN3O. The fraction of sp³-hybridized carbons (Fsp3) is 0.636. The number of hydrogen-bond donors (Lipinski definition) is 0. The summed E-state index contributed by atoms with van der Waals surface area (Å²) in [6, 6.07) is 6.48. The summed E-state index contributed by atoms with van der Waals surface area (Å²) in [5, 5.41) is 0.708. The van der Waals surface area contributed by atoms with E-state index >= 15 is 0 Å². The highest BCUT2D eigenvalue weighted by atomic mass is 79.9. The van der Waals surface area contributed by atoms with E-state index in [9.17, 15) is 4.79 Å². The third-order valence-electron chi connectivity index (χ3n) is 6.32. The summed E-state index contributed by atoms with van der Waals surface area (Å²) in [5.74, 6) is 1.95. The zero-order valence-electron chi connectivity index (χ0n) is 17.0. The molecule has 27 heavy (non-hydrogen) atoms. The molecule has 1 saturated heterocycles. The van der Waals surface area contributed by atoms with Gasteiger partial charge in [-0.1, -0.05) is 29.3 Å². The van der Waals surface area contributed by atoms with Crippen LogP contribution in [0.15, 0.2) is 27.5 Å². The first-order valence-electron chi connectivity index (χ1n) is 10.4. The number of likely N-dealkylation sites (tertiary alicyclic amines) is 1. The molecule has 1 aliphatic heterocycles. The van der Waals surface area contributed by atoms with Gasteiger partial charge in [0.2, 0.25) is 0 Å². The van der Waals surface area contributed by atoms with Crippen LogP contribution in [0.4, 0.5) is 0 Å². The molecule has 148 valence electrons. The van der Waals surface area contributed by atoms with Gasteiger partial charge in [-0.3, -0.25) is 9.36 Å². The van der Waals surface area contributed by atoms with Crippen LogP contribution in [-0.2, 0) is 6.54 Å². The van der Waals surface area contributed by atoms with Crippen LogP contribution >= 0.6 is 15.9 Å². The lowest BCUT2D eigenvalue weighted by Crippen LogP contribution is -2.30. The molecule has 1 aliphatic rings. The van der Waals surface area contributed by atoms with E-state index in [4.69, 9.17) is 4.98 Å². The topological polar surface area (TPSA) is 38.1 Å². The monoisotopic (exact) mass is 433 g/mol. The molecule has 1 aromatic heterocycles. The van der Waals surface area contributed by atoms with Gasteiger partial charge in [0, 0.05) is 23.0 Å². The van der Waals surface area contributed by atoms with E-state index in [1.165, 1.54) is 19.3 Å². The summed E-state index contributed by atoms with van der Waals surface area (Å²) in [7, 11) is 2.23. The standard InChI is InChI=1S/C22H32BrN3O/c1-5-7-18(16-9-8-15(3)25(4)13-12-16)21-24-20-11-10-17(23)14-19(20)22(27)26(21)6-2/h10-11,14-16,18H,5-9,12-13H2,1-4H3/t15-,16+,18?/m0/s1. The van der Waals surface area contributed by atoms with Crippen molar-refractivity contribution in [2.45, 2.75) is 71.4 Å².